The van der Waals surface area contributed by atoms with Gasteiger partial charge in [0.1, 0.15) is 23.0 Å². The maximum atomic E-state index is 13.1. The summed E-state index contributed by atoms with van der Waals surface area (Å²) in [5.74, 6) is 0.941. The molecule has 7 heterocycles. The minimum Gasteiger partial charge on any atom is -0.370 e. The van der Waals surface area contributed by atoms with Gasteiger partial charge in [-0.15, -0.1) is 0 Å². The Morgan fingerprint density at radius 3 is 2.42 bits per heavy atom. The second-order valence-corrected chi connectivity index (χ2v) is 15.6. The summed E-state index contributed by atoms with van der Waals surface area (Å²) in [4.78, 5) is 62.7. The zero-order chi connectivity index (χ0) is 36.4. The van der Waals surface area contributed by atoms with E-state index in [0.717, 1.165) is 92.5 Å². The number of pyridine rings is 1. The van der Waals surface area contributed by atoms with Gasteiger partial charge in [0.05, 0.1) is 28.8 Å². The van der Waals surface area contributed by atoms with E-state index >= 15 is 0 Å². The predicted octanol–water partition coefficient (Wildman–Crippen LogP) is 4.90. The number of fused-ring (bicyclic) bond motifs is 2. The zero-order valence-electron chi connectivity index (χ0n) is 30.5. The van der Waals surface area contributed by atoms with Gasteiger partial charge in [-0.2, -0.15) is 4.98 Å². The standard InChI is InChI=1S/C39H45N11O3/c1-46(2)37(53)31-18-24-20-41-38(45-34(24)50(31)25-6-4-5-7-25)43-32-12-9-27(21-40-32)48-16-14-39(15-17-48)22-49(23-39)26-8-11-29-30(19-26)47(3)35(42-29)28-10-13-33(51)44-36(28)52/h8-9,11-12,18-21,25,28H,4-7,10,13-17,22-23H2,1-3H3,(H,44,51,52)(H,40,41,43,45)/t28-/m1/s1. The summed E-state index contributed by atoms with van der Waals surface area (Å²) >= 11 is 0. The summed E-state index contributed by atoms with van der Waals surface area (Å²) in [6.45, 7) is 3.99. The van der Waals surface area contributed by atoms with Gasteiger partial charge in [0.25, 0.3) is 5.91 Å². The van der Waals surface area contributed by atoms with Crippen molar-refractivity contribution in [2.24, 2.45) is 12.5 Å². The minimum absolute atomic E-state index is 0.0222. The van der Waals surface area contributed by atoms with E-state index in [-0.39, 0.29) is 23.8 Å². The van der Waals surface area contributed by atoms with Crippen LogP contribution in [-0.4, -0.2) is 92.0 Å². The van der Waals surface area contributed by atoms with Crippen LogP contribution in [0.25, 0.3) is 22.1 Å². The number of benzene rings is 1. The van der Waals surface area contributed by atoms with E-state index in [2.05, 4.69) is 48.2 Å². The van der Waals surface area contributed by atoms with Gasteiger partial charge in [0, 0.05) is 82.5 Å². The molecule has 14 heteroatoms. The van der Waals surface area contributed by atoms with Crippen molar-refractivity contribution in [2.75, 3.05) is 55.4 Å². The number of aryl methyl sites for hydroxylation is 1. The first-order chi connectivity index (χ1) is 25.6. The fourth-order valence-corrected chi connectivity index (χ4v) is 8.90. The number of carbonyl (C=O) groups excluding carboxylic acids is 3. The Morgan fingerprint density at radius 1 is 0.925 bits per heavy atom. The number of nitrogens with one attached hydrogen (secondary N) is 2. The molecule has 4 aromatic heterocycles. The number of rotatable bonds is 7. The van der Waals surface area contributed by atoms with Gasteiger partial charge in [0.15, 0.2) is 0 Å². The molecule has 4 fully saturated rings. The molecule has 0 radical (unpaired) electrons. The Bertz CT molecular complexity index is 2240. The van der Waals surface area contributed by atoms with Crippen LogP contribution in [0, 0.1) is 5.41 Å². The zero-order valence-corrected chi connectivity index (χ0v) is 30.5. The number of hydrogen-bond donors (Lipinski definition) is 2. The Hall–Kier alpha value is -5.53. The van der Waals surface area contributed by atoms with Crippen LogP contribution >= 0.6 is 0 Å². The average molecular weight is 716 g/mol. The van der Waals surface area contributed by atoms with Crippen molar-refractivity contribution in [2.45, 2.75) is 63.3 Å². The fourth-order valence-electron chi connectivity index (χ4n) is 8.90. The number of imide groups is 1. The molecule has 274 valence electrons. The van der Waals surface area contributed by atoms with Gasteiger partial charge in [-0.3, -0.25) is 19.7 Å². The van der Waals surface area contributed by atoms with Gasteiger partial charge in [-0.25, -0.2) is 15.0 Å². The lowest BCUT2D eigenvalue weighted by molar-refractivity contribution is -0.134. The molecular weight excluding hydrogens is 671 g/mol. The number of anilines is 4. The van der Waals surface area contributed by atoms with Gasteiger partial charge in [-0.1, -0.05) is 12.8 Å². The molecule has 3 saturated heterocycles. The number of nitrogens with zero attached hydrogens (tertiary/aromatic N) is 9. The highest BCUT2D eigenvalue weighted by atomic mass is 16.2. The monoisotopic (exact) mass is 715 g/mol. The van der Waals surface area contributed by atoms with E-state index in [1.165, 1.54) is 5.69 Å². The molecule has 9 rings (SSSR count). The lowest BCUT2D eigenvalue weighted by Gasteiger charge is -2.55. The lowest BCUT2D eigenvalue weighted by Crippen LogP contribution is -2.60. The van der Waals surface area contributed by atoms with E-state index < -0.39 is 5.92 Å². The van der Waals surface area contributed by atoms with Crippen LogP contribution < -0.4 is 20.4 Å². The van der Waals surface area contributed by atoms with E-state index in [9.17, 15) is 14.4 Å². The van der Waals surface area contributed by atoms with Gasteiger partial charge in [-0.05, 0) is 68.5 Å². The summed E-state index contributed by atoms with van der Waals surface area (Å²) in [6.07, 6.45) is 11.2. The number of aromatic nitrogens is 6. The minimum atomic E-state index is -0.409. The Labute approximate surface area is 307 Å². The average Bonchev–Trinajstić information content (AvgIpc) is 3.88. The second-order valence-electron chi connectivity index (χ2n) is 15.6. The summed E-state index contributed by atoms with van der Waals surface area (Å²) in [6, 6.07) is 12.6. The molecule has 2 N–H and O–H groups in total. The predicted molar refractivity (Wildman–Crippen MR) is 203 cm³/mol. The first-order valence-electron chi connectivity index (χ1n) is 18.8. The van der Waals surface area contributed by atoms with Crippen molar-refractivity contribution < 1.29 is 14.4 Å². The molecule has 3 amide bonds. The van der Waals surface area contributed by atoms with Crippen molar-refractivity contribution in [1.82, 2.24) is 39.3 Å². The summed E-state index contributed by atoms with van der Waals surface area (Å²) in [5, 5.41) is 6.62. The molecule has 1 aliphatic carbocycles. The normalized spacial score (nSPS) is 20.3. The largest absolute Gasteiger partial charge is 0.370 e. The molecule has 0 bridgehead atoms. The first kappa shape index (κ1) is 33.3. The van der Waals surface area contributed by atoms with Gasteiger partial charge < -0.3 is 29.2 Å². The van der Waals surface area contributed by atoms with Crippen molar-refractivity contribution in [3.63, 3.8) is 0 Å². The van der Waals surface area contributed by atoms with E-state index in [4.69, 9.17) is 15.0 Å². The van der Waals surface area contributed by atoms with Crippen LogP contribution in [0.15, 0.2) is 48.8 Å². The van der Waals surface area contributed by atoms with Crippen molar-refractivity contribution in [3.05, 3.63) is 60.3 Å². The quantitative estimate of drug-likeness (QED) is 0.223. The van der Waals surface area contributed by atoms with Crippen LogP contribution in [0.3, 0.4) is 0 Å². The molecule has 5 aromatic rings. The number of piperidine rings is 2. The summed E-state index contributed by atoms with van der Waals surface area (Å²) in [7, 11) is 5.52. The van der Waals surface area contributed by atoms with Crippen LogP contribution in [0.5, 0.6) is 0 Å². The maximum absolute atomic E-state index is 13.1. The molecule has 1 atom stereocenters. The van der Waals surface area contributed by atoms with Crippen molar-refractivity contribution in [1.29, 1.82) is 0 Å². The molecule has 4 aliphatic rings. The molecule has 3 aliphatic heterocycles. The van der Waals surface area contributed by atoms with Crippen molar-refractivity contribution >= 4 is 62.9 Å². The second kappa shape index (κ2) is 12.8. The molecule has 1 spiro atoms. The molecule has 1 aromatic carbocycles. The smallest absolute Gasteiger partial charge is 0.270 e. The summed E-state index contributed by atoms with van der Waals surface area (Å²) < 4.78 is 4.13. The third-order valence-corrected chi connectivity index (χ3v) is 11.9. The number of amides is 3. The third-order valence-electron chi connectivity index (χ3n) is 11.9. The van der Waals surface area contributed by atoms with E-state index in [1.54, 1.807) is 25.2 Å². The topological polar surface area (TPSA) is 146 Å². The number of carbonyl (C=O) groups is 3. The highest BCUT2D eigenvalue weighted by Crippen LogP contribution is 2.44. The molecule has 53 heavy (non-hydrogen) atoms. The fraction of sp³-hybridized carbons (Fsp3) is 0.462. The van der Waals surface area contributed by atoms with Crippen LogP contribution in [0.2, 0.25) is 0 Å². The Kier molecular flexibility index (Phi) is 8.08. The lowest BCUT2D eigenvalue weighted by atomic mass is 9.71. The third kappa shape index (κ3) is 5.93. The van der Waals surface area contributed by atoms with Crippen LogP contribution in [0.4, 0.5) is 23.1 Å². The SMILES string of the molecule is CN(C)C(=O)c1cc2cnc(Nc3ccc(N4CCC5(CC4)CN(c4ccc6nc([C@H]7CCC(=O)NC7=O)n(C)c6c4)C5)cn3)nc2n1C1CCCC1. The highest BCUT2D eigenvalue weighted by Gasteiger charge is 2.45. The number of hydrogen-bond acceptors (Lipinski definition) is 10. The molecule has 1 saturated carbocycles. The maximum Gasteiger partial charge on any atom is 0.270 e. The molecular formula is C39H45N11O3. The highest BCUT2D eigenvalue weighted by molar-refractivity contribution is 6.01. The van der Waals surface area contributed by atoms with Crippen LogP contribution in [-0.2, 0) is 16.6 Å². The van der Waals surface area contributed by atoms with Crippen molar-refractivity contribution in [3.8, 4) is 0 Å². The molecule has 0 unspecified atom stereocenters. The first-order valence-corrected chi connectivity index (χ1v) is 18.8. The molecule has 14 nitrogen and oxygen atoms in total. The summed E-state index contributed by atoms with van der Waals surface area (Å²) in [5.41, 5.74) is 5.89. The van der Waals surface area contributed by atoms with Gasteiger partial charge >= 0.3 is 0 Å². The van der Waals surface area contributed by atoms with E-state index in [0.29, 0.717) is 41.5 Å². The Morgan fingerprint density at radius 2 is 1.70 bits per heavy atom. The Balaban J connectivity index is 0.830. The van der Waals surface area contributed by atoms with Crippen LogP contribution in [0.1, 0.15) is 79.6 Å². The van der Waals surface area contributed by atoms with Gasteiger partial charge in [0.2, 0.25) is 17.8 Å². The van der Waals surface area contributed by atoms with E-state index in [1.807, 2.05) is 36.0 Å². The number of imidazole rings is 1.